The SMILES string of the molecule is COc1cc2nc(CCn3c(=O)n4n(c3=O)C3CC5C(=O)N(Nc6ccc(F)cc6)C(=O)C5(c5ccc(Cl)cc5)C(c5ccc(O)c(C)c5)C3=CC4)c(=O)n(C)c2cc1OC. The summed E-state index contributed by atoms with van der Waals surface area (Å²) in [6.07, 6.45) is 1.71. The maximum Gasteiger partial charge on any atom is 0.347 e. The van der Waals surface area contributed by atoms with Crippen molar-refractivity contribution < 1.29 is 28.6 Å². The van der Waals surface area contributed by atoms with Crippen LogP contribution >= 0.6 is 11.6 Å². The van der Waals surface area contributed by atoms with Gasteiger partial charge in [0.2, 0.25) is 0 Å². The molecule has 9 rings (SSSR count). The third-order valence-corrected chi connectivity index (χ3v) is 12.6. The zero-order valence-electron chi connectivity index (χ0n) is 33.4. The number of allylic oxidation sites excluding steroid dienone is 2. The van der Waals surface area contributed by atoms with E-state index < -0.39 is 57.9 Å². The molecule has 0 spiro atoms. The number of halogens is 2. The Morgan fingerprint density at radius 1 is 0.934 bits per heavy atom. The van der Waals surface area contributed by atoms with Crippen LogP contribution in [0.4, 0.5) is 10.1 Å². The number of methoxy groups -OCH3 is 2. The van der Waals surface area contributed by atoms with E-state index in [1.807, 2.05) is 6.08 Å². The maximum absolute atomic E-state index is 15.3. The average molecular weight is 848 g/mol. The Labute approximate surface area is 351 Å². The predicted molar refractivity (Wildman–Crippen MR) is 223 cm³/mol. The lowest BCUT2D eigenvalue weighted by Crippen LogP contribution is -2.53. The molecule has 3 aliphatic rings. The first-order valence-electron chi connectivity index (χ1n) is 19.5. The molecule has 2 N–H and O–H groups in total. The molecule has 61 heavy (non-hydrogen) atoms. The number of phenols is 1. The Hall–Kier alpha value is -6.94. The summed E-state index contributed by atoms with van der Waals surface area (Å²) in [7, 11) is 4.57. The first-order chi connectivity index (χ1) is 29.3. The first kappa shape index (κ1) is 39.5. The van der Waals surface area contributed by atoms with Crippen molar-refractivity contribution in [3.63, 3.8) is 0 Å². The molecule has 1 saturated heterocycles. The fraction of sp³-hybridized carbons (Fsp3) is 0.273. The van der Waals surface area contributed by atoms with Crippen molar-refractivity contribution in [3.8, 4) is 17.2 Å². The van der Waals surface area contributed by atoms with Crippen molar-refractivity contribution in [2.75, 3.05) is 19.6 Å². The topological polar surface area (TPSA) is 172 Å². The first-order valence-corrected chi connectivity index (χ1v) is 19.9. The molecule has 4 atom stereocenters. The van der Waals surface area contributed by atoms with Gasteiger partial charge in [-0.3, -0.25) is 19.8 Å². The summed E-state index contributed by atoms with van der Waals surface area (Å²) in [6, 6.07) is 19.3. The number of nitrogens with zero attached hydrogens (tertiary/aromatic N) is 6. The largest absolute Gasteiger partial charge is 0.508 e. The summed E-state index contributed by atoms with van der Waals surface area (Å²) in [4.78, 5) is 77.1. The van der Waals surface area contributed by atoms with Gasteiger partial charge >= 0.3 is 11.4 Å². The smallest absolute Gasteiger partial charge is 0.347 e. The molecule has 312 valence electrons. The van der Waals surface area contributed by atoms with E-state index in [2.05, 4.69) is 10.4 Å². The van der Waals surface area contributed by atoms with Crippen molar-refractivity contribution in [3.05, 3.63) is 155 Å². The Morgan fingerprint density at radius 2 is 1.64 bits per heavy atom. The molecule has 17 heteroatoms. The summed E-state index contributed by atoms with van der Waals surface area (Å²) < 4.78 is 29.9. The second kappa shape index (κ2) is 14.7. The number of hydrazine groups is 1. The van der Waals surface area contributed by atoms with Crippen LogP contribution in [0.15, 0.2) is 105 Å². The number of aromatic hydroxyl groups is 1. The zero-order chi connectivity index (χ0) is 43.1. The minimum atomic E-state index is -1.61. The number of aromatic nitrogens is 5. The fourth-order valence-electron chi connectivity index (χ4n) is 9.48. The predicted octanol–water partition coefficient (Wildman–Crippen LogP) is 4.74. The van der Waals surface area contributed by atoms with Crippen molar-refractivity contribution in [1.29, 1.82) is 0 Å². The van der Waals surface area contributed by atoms with Crippen LogP contribution in [-0.2, 0) is 41.6 Å². The van der Waals surface area contributed by atoms with E-state index in [1.54, 1.807) is 62.5 Å². The molecule has 4 unspecified atom stereocenters. The molecule has 2 amide bonds. The molecule has 2 fully saturated rings. The molecule has 0 radical (unpaired) electrons. The second-order valence-corrected chi connectivity index (χ2v) is 15.9. The number of amides is 2. The van der Waals surface area contributed by atoms with Crippen LogP contribution < -0.4 is 31.8 Å². The van der Waals surface area contributed by atoms with Crippen LogP contribution in [0.1, 0.15) is 40.8 Å². The highest BCUT2D eigenvalue weighted by atomic mass is 35.5. The van der Waals surface area contributed by atoms with Gasteiger partial charge in [-0.1, -0.05) is 41.9 Å². The van der Waals surface area contributed by atoms with Gasteiger partial charge in [-0.05, 0) is 78.1 Å². The van der Waals surface area contributed by atoms with E-state index in [9.17, 15) is 28.7 Å². The third-order valence-electron chi connectivity index (χ3n) is 12.4. The molecule has 1 aliphatic carbocycles. The number of imide groups is 1. The lowest BCUT2D eigenvalue weighted by Gasteiger charge is -2.49. The number of carbonyl (C=O) groups excluding carboxylic acids is 2. The number of fused-ring (bicyclic) bond motifs is 5. The van der Waals surface area contributed by atoms with Crippen LogP contribution in [0.25, 0.3) is 11.0 Å². The summed E-state index contributed by atoms with van der Waals surface area (Å²) in [6.45, 7) is 1.50. The van der Waals surface area contributed by atoms with E-state index in [1.165, 1.54) is 58.5 Å². The summed E-state index contributed by atoms with van der Waals surface area (Å²) in [5.41, 5.74) is 3.19. The van der Waals surface area contributed by atoms with Gasteiger partial charge in [0.1, 0.15) is 17.3 Å². The van der Waals surface area contributed by atoms with Gasteiger partial charge < -0.3 is 19.1 Å². The van der Waals surface area contributed by atoms with Gasteiger partial charge in [0.05, 0.1) is 54.9 Å². The Balaban J connectivity index is 1.17. The lowest BCUT2D eigenvalue weighted by molar-refractivity contribution is -0.138. The van der Waals surface area contributed by atoms with Gasteiger partial charge in [0.25, 0.3) is 17.4 Å². The number of aryl methyl sites for hydroxylation is 3. The molecule has 2 aromatic heterocycles. The van der Waals surface area contributed by atoms with Crippen molar-refractivity contribution >= 4 is 40.1 Å². The summed E-state index contributed by atoms with van der Waals surface area (Å²) >= 11 is 6.38. The molecule has 1 saturated carbocycles. The monoisotopic (exact) mass is 847 g/mol. The van der Waals surface area contributed by atoms with Crippen LogP contribution in [0.5, 0.6) is 17.2 Å². The molecule has 4 aromatic carbocycles. The normalized spacial score (nSPS) is 20.6. The van der Waals surface area contributed by atoms with E-state index >= 15 is 4.79 Å². The van der Waals surface area contributed by atoms with E-state index in [0.717, 1.165) is 9.58 Å². The summed E-state index contributed by atoms with van der Waals surface area (Å²) in [5.74, 6) is -2.83. The molecular weight excluding hydrogens is 809 g/mol. The van der Waals surface area contributed by atoms with Gasteiger partial charge in [-0.25, -0.2) is 32.9 Å². The van der Waals surface area contributed by atoms with E-state index in [4.69, 9.17) is 21.1 Å². The molecule has 6 aromatic rings. The van der Waals surface area contributed by atoms with Gasteiger partial charge in [0, 0.05) is 43.1 Å². The molecule has 0 bridgehead atoms. The summed E-state index contributed by atoms with van der Waals surface area (Å²) in [5, 5.41) is 12.0. The van der Waals surface area contributed by atoms with Crippen LogP contribution in [0.3, 0.4) is 0 Å². The van der Waals surface area contributed by atoms with E-state index in [-0.39, 0.29) is 37.4 Å². The molecule has 15 nitrogen and oxygen atoms in total. The number of anilines is 1. The molecule has 2 aliphatic heterocycles. The quantitative estimate of drug-likeness (QED) is 0.153. The lowest BCUT2D eigenvalue weighted by atomic mass is 9.53. The maximum atomic E-state index is 15.3. The van der Waals surface area contributed by atoms with Gasteiger partial charge in [-0.15, -0.1) is 0 Å². The average Bonchev–Trinajstić information content (AvgIpc) is 3.63. The van der Waals surface area contributed by atoms with Crippen molar-refractivity contribution in [1.82, 2.24) is 28.5 Å². The highest BCUT2D eigenvalue weighted by Crippen LogP contribution is 2.62. The Bertz CT molecular complexity index is 3030. The van der Waals surface area contributed by atoms with Crippen LogP contribution in [-0.4, -0.2) is 59.6 Å². The highest BCUT2D eigenvalue weighted by molar-refractivity contribution is 6.30. The third kappa shape index (κ3) is 5.98. The number of rotatable bonds is 9. The number of hydrogen-bond acceptors (Lipinski definition) is 10. The van der Waals surface area contributed by atoms with E-state index in [0.29, 0.717) is 55.5 Å². The minimum absolute atomic E-state index is 0.0241. The Morgan fingerprint density at radius 3 is 2.33 bits per heavy atom. The second-order valence-electron chi connectivity index (χ2n) is 15.5. The number of phenolic OH excluding ortho intramolecular Hbond substituents is 1. The van der Waals surface area contributed by atoms with Crippen LogP contribution in [0.2, 0.25) is 5.02 Å². The van der Waals surface area contributed by atoms with Gasteiger partial charge in [-0.2, -0.15) is 5.01 Å². The molecule has 4 heterocycles. The van der Waals surface area contributed by atoms with Crippen molar-refractivity contribution in [2.24, 2.45) is 13.0 Å². The highest BCUT2D eigenvalue weighted by Gasteiger charge is 2.68. The van der Waals surface area contributed by atoms with Crippen molar-refractivity contribution in [2.45, 2.75) is 50.2 Å². The Kier molecular flexibility index (Phi) is 9.49. The van der Waals surface area contributed by atoms with Gasteiger partial charge in [0.15, 0.2) is 11.5 Å². The number of nitrogens with one attached hydrogen (secondary N) is 1. The zero-order valence-corrected chi connectivity index (χ0v) is 34.1. The number of ether oxygens (including phenoxy) is 2. The molecular formula is C44H39ClFN7O8. The van der Waals surface area contributed by atoms with Crippen LogP contribution in [0, 0.1) is 18.7 Å². The number of carbonyl (C=O) groups is 2. The standard InChI is InChI=1S/C44H39ClFN7O8/c1-23-19-24(5-14-35(23)54)38-29-15-18-51-42(58)50(17-16-31-40(56)49(2)34-22-37(61-4)36(60-3)21-32(34)47-31)43(59)53(51)33(29)20-30-39(55)52(48-28-12-10-27(46)11-13-28)41(57)44(30,38)25-6-8-26(45)9-7-25/h5-15,19,21-22,30,33,38,48,54H,16-18,20H2,1-4H3. The number of hydrogen-bond donors (Lipinski definition) is 2. The number of benzene rings is 4. The fourth-order valence-corrected chi connectivity index (χ4v) is 9.61. The minimum Gasteiger partial charge on any atom is -0.508 e.